The van der Waals surface area contributed by atoms with Gasteiger partial charge >= 0.3 is 0 Å². The van der Waals surface area contributed by atoms with E-state index in [1.807, 2.05) is 30.3 Å². The lowest BCUT2D eigenvalue weighted by molar-refractivity contribution is -0.367. The van der Waals surface area contributed by atoms with Gasteiger partial charge in [-0.3, -0.25) is 4.79 Å². The standard InChI is InChI=1S/C16H21NO6/c1-9(18)17-14-12(19)13-11(23-16(14,2)20)8-21-15(22-13)10-6-4-3-5-7-10/h3-7,11-15,19-20H,8H2,1-2H3,(H,17,18)/t11-,12+,13-,14+,15-,16+/m1/s1. The second-order valence-electron chi connectivity index (χ2n) is 6.06. The number of hydrogen-bond acceptors (Lipinski definition) is 6. The van der Waals surface area contributed by atoms with Crippen molar-refractivity contribution in [3.05, 3.63) is 35.9 Å². The van der Waals surface area contributed by atoms with E-state index < -0.39 is 36.4 Å². The number of fused-ring (bicyclic) bond motifs is 1. The van der Waals surface area contributed by atoms with Crippen molar-refractivity contribution in [3.8, 4) is 0 Å². The molecule has 7 heteroatoms. The molecule has 1 amide bonds. The Kier molecular flexibility index (Phi) is 4.39. The van der Waals surface area contributed by atoms with Crippen LogP contribution in [0.15, 0.2) is 30.3 Å². The monoisotopic (exact) mass is 323 g/mol. The van der Waals surface area contributed by atoms with Gasteiger partial charge in [0.25, 0.3) is 0 Å². The lowest BCUT2D eigenvalue weighted by atomic mass is 9.90. The van der Waals surface area contributed by atoms with Gasteiger partial charge in [-0.05, 0) is 6.92 Å². The highest BCUT2D eigenvalue weighted by Crippen LogP contribution is 2.36. The maximum absolute atomic E-state index is 11.3. The molecule has 2 aliphatic rings. The van der Waals surface area contributed by atoms with Gasteiger partial charge in [0.05, 0.1) is 6.61 Å². The topological polar surface area (TPSA) is 97.3 Å². The number of nitrogens with one attached hydrogen (secondary N) is 1. The van der Waals surface area contributed by atoms with Gasteiger partial charge in [0, 0.05) is 12.5 Å². The van der Waals surface area contributed by atoms with Crippen LogP contribution >= 0.6 is 0 Å². The predicted octanol–water partition coefficient (Wildman–Crippen LogP) is 0.0735. The zero-order valence-corrected chi connectivity index (χ0v) is 13.0. The molecular weight excluding hydrogens is 302 g/mol. The lowest BCUT2D eigenvalue weighted by Crippen LogP contribution is -2.70. The minimum atomic E-state index is -1.71. The number of carbonyl (C=O) groups excluding carboxylic acids is 1. The molecule has 3 N–H and O–H groups in total. The fourth-order valence-electron chi connectivity index (χ4n) is 3.06. The minimum Gasteiger partial charge on any atom is -0.388 e. The summed E-state index contributed by atoms with van der Waals surface area (Å²) in [4.78, 5) is 11.3. The van der Waals surface area contributed by atoms with Gasteiger partial charge in [0.15, 0.2) is 12.1 Å². The molecule has 2 fully saturated rings. The van der Waals surface area contributed by atoms with Crippen molar-refractivity contribution in [2.75, 3.05) is 6.61 Å². The maximum atomic E-state index is 11.3. The molecular formula is C16H21NO6. The number of carbonyl (C=O) groups is 1. The van der Waals surface area contributed by atoms with Crippen LogP contribution in [0.4, 0.5) is 0 Å². The van der Waals surface area contributed by atoms with Gasteiger partial charge < -0.3 is 29.7 Å². The van der Waals surface area contributed by atoms with Crippen LogP contribution < -0.4 is 5.32 Å². The van der Waals surface area contributed by atoms with Gasteiger partial charge in [-0.15, -0.1) is 0 Å². The summed E-state index contributed by atoms with van der Waals surface area (Å²) >= 11 is 0. The van der Waals surface area contributed by atoms with Crippen LogP contribution in [0.3, 0.4) is 0 Å². The summed E-state index contributed by atoms with van der Waals surface area (Å²) in [5.41, 5.74) is 0.826. The van der Waals surface area contributed by atoms with E-state index >= 15 is 0 Å². The highest BCUT2D eigenvalue weighted by molar-refractivity contribution is 5.73. The summed E-state index contributed by atoms with van der Waals surface area (Å²) in [7, 11) is 0. The molecule has 2 aliphatic heterocycles. The summed E-state index contributed by atoms with van der Waals surface area (Å²) in [6.07, 6.45) is -3.09. The molecule has 2 heterocycles. The van der Waals surface area contributed by atoms with Crippen LogP contribution in [-0.2, 0) is 19.0 Å². The Bertz CT molecular complexity index is 563. The first-order chi connectivity index (χ1) is 10.9. The second-order valence-corrected chi connectivity index (χ2v) is 6.06. The largest absolute Gasteiger partial charge is 0.388 e. The van der Waals surface area contributed by atoms with Crippen LogP contribution in [0, 0.1) is 0 Å². The number of benzene rings is 1. The first-order valence-electron chi connectivity index (χ1n) is 7.56. The van der Waals surface area contributed by atoms with Crippen molar-refractivity contribution in [1.82, 2.24) is 5.32 Å². The van der Waals surface area contributed by atoms with Gasteiger partial charge in [-0.1, -0.05) is 30.3 Å². The van der Waals surface area contributed by atoms with E-state index in [0.29, 0.717) is 0 Å². The Balaban J connectivity index is 1.79. The summed E-state index contributed by atoms with van der Waals surface area (Å²) < 4.78 is 17.0. The van der Waals surface area contributed by atoms with Crippen molar-refractivity contribution < 1.29 is 29.2 Å². The quantitative estimate of drug-likeness (QED) is 0.713. The Morgan fingerprint density at radius 3 is 2.70 bits per heavy atom. The van der Waals surface area contributed by atoms with Crippen molar-refractivity contribution in [2.45, 2.75) is 50.3 Å². The van der Waals surface area contributed by atoms with E-state index in [9.17, 15) is 15.0 Å². The number of rotatable bonds is 2. The fraction of sp³-hybridized carbons (Fsp3) is 0.562. The van der Waals surface area contributed by atoms with Gasteiger partial charge in [0.2, 0.25) is 5.91 Å². The van der Waals surface area contributed by atoms with Crippen molar-refractivity contribution in [1.29, 1.82) is 0 Å². The van der Waals surface area contributed by atoms with E-state index in [2.05, 4.69) is 5.32 Å². The third kappa shape index (κ3) is 3.24. The third-order valence-electron chi connectivity index (χ3n) is 4.13. The molecule has 1 aromatic rings. The Morgan fingerprint density at radius 2 is 2.04 bits per heavy atom. The molecule has 3 rings (SSSR count). The smallest absolute Gasteiger partial charge is 0.217 e. The van der Waals surface area contributed by atoms with Crippen LogP contribution in [0.25, 0.3) is 0 Å². The number of amides is 1. The fourth-order valence-corrected chi connectivity index (χ4v) is 3.06. The van der Waals surface area contributed by atoms with E-state index in [0.717, 1.165) is 5.56 Å². The average Bonchev–Trinajstić information content (AvgIpc) is 2.51. The van der Waals surface area contributed by atoms with Crippen LogP contribution in [0.1, 0.15) is 25.7 Å². The number of aliphatic hydroxyl groups excluding tert-OH is 1. The van der Waals surface area contributed by atoms with Crippen molar-refractivity contribution in [2.24, 2.45) is 0 Å². The molecule has 6 atom stereocenters. The average molecular weight is 323 g/mol. The third-order valence-corrected chi connectivity index (χ3v) is 4.13. The number of aliphatic hydroxyl groups is 2. The van der Waals surface area contributed by atoms with E-state index in [-0.39, 0.29) is 12.5 Å². The zero-order chi connectivity index (χ0) is 16.6. The summed E-state index contributed by atoms with van der Waals surface area (Å²) in [5, 5.41) is 23.5. The molecule has 2 saturated heterocycles. The summed E-state index contributed by atoms with van der Waals surface area (Å²) in [5.74, 6) is -2.08. The number of ether oxygens (including phenoxy) is 3. The highest BCUT2D eigenvalue weighted by Gasteiger charge is 2.54. The van der Waals surface area contributed by atoms with Gasteiger partial charge in [0.1, 0.15) is 24.4 Å². The molecule has 23 heavy (non-hydrogen) atoms. The SMILES string of the molecule is CC(=O)N[C@H]1[C@@H](O)[C@@H]2O[C@H](c3ccccc3)OC[C@H]2O[C@]1(C)O. The molecule has 0 spiro atoms. The Morgan fingerprint density at radius 1 is 1.35 bits per heavy atom. The van der Waals surface area contributed by atoms with E-state index in [1.165, 1.54) is 13.8 Å². The molecule has 126 valence electrons. The van der Waals surface area contributed by atoms with Crippen molar-refractivity contribution in [3.63, 3.8) is 0 Å². The van der Waals surface area contributed by atoms with Gasteiger partial charge in [-0.2, -0.15) is 0 Å². The minimum absolute atomic E-state index is 0.171. The Labute approximate surface area is 134 Å². The lowest BCUT2D eigenvalue weighted by Gasteiger charge is -2.50. The normalized spacial score (nSPS) is 40.3. The second kappa shape index (κ2) is 6.18. The molecule has 0 aromatic heterocycles. The Hall–Kier alpha value is -1.51. The number of hydrogen-bond donors (Lipinski definition) is 3. The van der Waals surface area contributed by atoms with Gasteiger partial charge in [-0.25, -0.2) is 0 Å². The molecule has 0 unspecified atom stereocenters. The maximum Gasteiger partial charge on any atom is 0.217 e. The molecule has 7 nitrogen and oxygen atoms in total. The highest BCUT2D eigenvalue weighted by atomic mass is 16.7. The molecule has 1 aromatic carbocycles. The first-order valence-corrected chi connectivity index (χ1v) is 7.56. The van der Waals surface area contributed by atoms with E-state index in [4.69, 9.17) is 14.2 Å². The molecule has 0 radical (unpaired) electrons. The molecule has 0 aliphatic carbocycles. The summed E-state index contributed by atoms with van der Waals surface area (Å²) in [6.45, 7) is 2.88. The first kappa shape index (κ1) is 16.4. The van der Waals surface area contributed by atoms with Crippen LogP contribution in [0.5, 0.6) is 0 Å². The van der Waals surface area contributed by atoms with Crippen molar-refractivity contribution >= 4 is 5.91 Å². The van der Waals surface area contributed by atoms with Crippen LogP contribution in [0.2, 0.25) is 0 Å². The molecule has 0 saturated carbocycles. The summed E-state index contributed by atoms with van der Waals surface area (Å²) in [6, 6.07) is 8.36. The molecule has 0 bridgehead atoms. The van der Waals surface area contributed by atoms with E-state index in [1.54, 1.807) is 0 Å². The van der Waals surface area contributed by atoms with Crippen LogP contribution in [-0.4, -0.2) is 52.9 Å². The predicted molar refractivity (Wildman–Crippen MR) is 79.1 cm³/mol. The zero-order valence-electron chi connectivity index (χ0n) is 13.0.